The van der Waals surface area contributed by atoms with Gasteiger partial charge in [0.2, 0.25) is 11.8 Å². The Morgan fingerprint density at radius 2 is 1.73 bits per heavy atom. The molecule has 0 bridgehead atoms. The van der Waals surface area contributed by atoms with Gasteiger partial charge in [-0.2, -0.15) is 0 Å². The number of carbonyl (C=O) groups is 3. The van der Waals surface area contributed by atoms with Crippen molar-refractivity contribution < 1.29 is 14.4 Å². The van der Waals surface area contributed by atoms with E-state index >= 15 is 0 Å². The van der Waals surface area contributed by atoms with Crippen LogP contribution < -0.4 is 16.0 Å². The number of nitrogens with zero attached hydrogens (tertiary/aromatic N) is 1. The fraction of sp³-hybridized carbons (Fsp3) is 0.526. The van der Waals surface area contributed by atoms with Gasteiger partial charge >= 0.3 is 0 Å². The minimum atomic E-state index is -0.282. The van der Waals surface area contributed by atoms with Gasteiger partial charge in [-0.05, 0) is 30.9 Å². The van der Waals surface area contributed by atoms with Crippen molar-refractivity contribution in [2.24, 2.45) is 5.92 Å². The lowest BCUT2D eigenvalue weighted by Crippen LogP contribution is -2.40. The van der Waals surface area contributed by atoms with Crippen LogP contribution in [0.2, 0.25) is 0 Å². The van der Waals surface area contributed by atoms with Crippen LogP contribution in [-0.4, -0.2) is 55.3 Å². The predicted octanol–water partition coefficient (Wildman–Crippen LogP) is 1.22. The summed E-state index contributed by atoms with van der Waals surface area (Å²) in [6.07, 6.45) is 2.05. The van der Waals surface area contributed by atoms with Crippen LogP contribution in [0.4, 0.5) is 5.69 Å². The van der Waals surface area contributed by atoms with E-state index in [1.54, 1.807) is 29.2 Å². The van der Waals surface area contributed by atoms with Gasteiger partial charge in [-0.15, -0.1) is 0 Å². The molecule has 3 amide bonds. The molecule has 26 heavy (non-hydrogen) atoms. The van der Waals surface area contributed by atoms with E-state index in [1.165, 1.54) is 0 Å². The number of anilines is 1. The summed E-state index contributed by atoms with van der Waals surface area (Å²) < 4.78 is 0. The summed E-state index contributed by atoms with van der Waals surface area (Å²) in [6.45, 7) is 6.19. The first kappa shape index (κ1) is 19.8. The number of para-hydroxylation sites is 1. The maximum absolute atomic E-state index is 12.3. The minimum absolute atomic E-state index is 0.00174. The summed E-state index contributed by atoms with van der Waals surface area (Å²) >= 11 is 0. The third-order valence-electron chi connectivity index (χ3n) is 4.18. The summed E-state index contributed by atoms with van der Waals surface area (Å²) in [4.78, 5) is 38.0. The van der Waals surface area contributed by atoms with Gasteiger partial charge in [0.1, 0.15) is 0 Å². The van der Waals surface area contributed by atoms with Crippen LogP contribution >= 0.6 is 0 Å². The zero-order chi connectivity index (χ0) is 18.9. The first-order valence-corrected chi connectivity index (χ1v) is 9.13. The quantitative estimate of drug-likeness (QED) is 0.650. The number of benzene rings is 1. The summed E-state index contributed by atoms with van der Waals surface area (Å²) in [7, 11) is 0. The molecule has 1 aromatic carbocycles. The summed E-state index contributed by atoms with van der Waals surface area (Å²) in [5, 5.41) is 8.47. The monoisotopic (exact) mass is 360 g/mol. The largest absolute Gasteiger partial charge is 0.376 e. The molecular formula is C19H28N4O3. The average molecular weight is 360 g/mol. The van der Waals surface area contributed by atoms with Crippen LogP contribution in [0.3, 0.4) is 0 Å². The van der Waals surface area contributed by atoms with E-state index in [1.807, 2.05) is 13.8 Å². The van der Waals surface area contributed by atoms with Crippen molar-refractivity contribution in [3.63, 3.8) is 0 Å². The van der Waals surface area contributed by atoms with Gasteiger partial charge in [-0.3, -0.25) is 14.4 Å². The van der Waals surface area contributed by atoms with E-state index in [-0.39, 0.29) is 30.8 Å². The van der Waals surface area contributed by atoms with Crippen LogP contribution in [0.5, 0.6) is 0 Å². The number of hydrogen-bond acceptors (Lipinski definition) is 4. The second-order valence-corrected chi connectivity index (χ2v) is 6.87. The van der Waals surface area contributed by atoms with E-state index in [2.05, 4.69) is 16.0 Å². The van der Waals surface area contributed by atoms with Crippen LogP contribution in [0.15, 0.2) is 24.3 Å². The average Bonchev–Trinajstić information content (AvgIpc) is 3.17. The summed E-state index contributed by atoms with van der Waals surface area (Å²) in [5.41, 5.74) is 1.09. The maximum atomic E-state index is 12.3. The van der Waals surface area contributed by atoms with Gasteiger partial charge in [-0.25, -0.2) is 0 Å². The third-order valence-corrected chi connectivity index (χ3v) is 4.18. The second-order valence-electron chi connectivity index (χ2n) is 6.87. The molecule has 0 aromatic heterocycles. The zero-order valence-electron chi connectivity index (χ0n) is 15.5. The Labute approximate surface area is 154 Å². The molecule has 7 heteroatoms. The molecule has 1 fully saturated rings. The van der Waals surface area contributed by atoms with E-state index in [0.717, 1.165) is 25.9 Å². The van der Waals surface area contributed by atoms with Gasteiger partial charge in [0.05, 0.1) is 18.7 Å². The molecule has 0 atom stereocenters. The van der Waals surface area contributed by atoms with E-state index in [9.17, 15) is 14.4 Å². The van der Waals surface area contributed by atoms with Gasteiger partial charge in [-0.1, -0.05) is 26.0 Å². The van der Waals surface area contributed by atoms with Gasteiger partial charge in [0, 0.05) is 25.3 Å². The van der Waals surface area contributed by atoms with Crippen molar-refractivity contribution in [3.05, 3.63) is 29.8 Å². The number of hydrogen-bond donors (Lipinski definition) is 3. The van der Waals surface area contributed by atoms with Crippen molar-refractivity contribution in [1.29, 1.82) is 0 Å². The molecule has 7 nitrogen and oxygen atoms in total. The van der Waals surface area contributed by atoms with Crippen molar-refractivity contribution in [1.82, 2.24) is 15.5 Å². The SMILES string of the molecule is CC(C)CNC(=O)c1ccccc1NCC(=O)NCC(=O)N1CCCC1. The van der Waals surface area contributed by atoms with Gasteiger partial charge in [0.25, 0.3) is 5.91 Å². The molecular weight excluding hydrogens is 332 g/mol. The Bertz CT molecular complexity index is 639. The minimum Gasteiger partial charge on any atom is -0.376 e. The lowest BCUT2D eigenvalue weighted by molar-refractivity contribution is -0.131. The van der Waals surface area contributed by atoms with E-state index in [0.29, 0.717) is 23.7 Å². The number of carbonyl (C=O) groups excluding carboxylic acids is 3. The lowest BCUT2D eigenvalue weighted by atomic mass is 10.1. The fourth-order valence-corrected chi connectivity index (χ4v) is 2.72. The molecule has 142 valence electrons. The number of amides is 3. The molecule has 1 aromatic rings. The van der Waals surface area contributed by atoms with Crippen LogP contribution in [0.25, 0.3) is 0 Å². The standard InChI is InChI=1S/C19H28N4O3/c1-14(2)11-22-19(26)15-7-3-4-8-16(15)20-12-17(24)21-13-18(25)23-9-5-6-10-23/h3-4,7-8,14,20H,5-6,9-13H2,1-2H3,(H,21,24)(H,22,26). The molecule has 1 heterocycles. The third kappa shape index (κ3) is 6.06. The summed E-state index contributed by atoms with van der Waals surface area (Å²) in [6, 6.07) is 7.06. The van der Waals surface area contributed by atoms with Gasteiger partial charge in [0.15, 0.2) is 0 Å². The number of nitrogens with one attached hydrogen (secondary N) is 3. The highest BCUT2D eigenvalue weighted by Gasteiger charge is 2.18. The Kier molecular flexibility index (Phi) is 7.44. The zero-order valence-corrected chi connectivity index (χ0v) is 15.5. The maximum Gasteiger partial charge on any atom is 0.253 e. The summed E-state index contributed by atoms with van der Waals surface area (Å²) in [5.74, 6) is -0.149. The Hall–Kier alpha value is -2.57. The normalized spacial score (nSPS) is 13.6. The highest BCUT2D eigenvalue weighted by molar-refractivity contribution is 6.00. The Morgan fingerprint density at radius 1 is 1.04 bits per heavy atom. The highest BCUT2D eigenvalue weighted by atomic mass is 16.2. The van der Waals surface area contributed by atoms with E-state index < -0.39 is 0 Å². The first-order valence-electron chi connectivity index (χ1n) is 9.13. The van der Waals surface area contributed by atoms with Crippen molar-refractivity contribution >= 4 is 23.4 Å². The van der Waals surface area contributed by atoms with E-state index in [4.69, 9.17) is 0 Å². The molecule has 1 saturated heterocycles. The van der Waals surface area contributed by atoms with Crippen LogP contribution in [0, 0.1) is 5.92 Å². The molecule has 0 aliphatic carbocycles. The number of likely N-dealkylation sites (tertiary alicyclic amines) is 1. The van der Waals surface area contributed by atoms with Crippen LogP contribution in [-0.2, 0) is 9.59 Å². The highest BCUT2D eigenvalue weighted by Crippen LogP contribution is 2.14. The smallest absolute Gasteiger partial charge is 0.253 e. The molecule has 2 rings (SSSR count). The number of rotatable bonds is 8. The van der Waals surface area contributed by atoms with Crippen molar-refractivity contribution in [2.75, 3.05) is 38.0 Å². The molecule has 0 saturated carbocycles. The fourth-order valence-electron chi connectivity index (χ4n) is 2.72. The molecule has 1 aliphatic heterocycles. The molecule has 0 unspecified atom stereocenters. The topological polar surface area (TPSA) is 90.5 Å². The molecule has 3 N–H and O–H groups in total. The lowest BCUT2D eigenvalue weighted by Gasteiger charge is -2.16. The van der Waals surface area contributed by atoms with Crippen LogP contribution in [0.1, 0.15) is 37.0 Å². The predicted molar refractivity (Wildman–Crippen MR) is 101 cm³/mol. The first-order chi connectivity index (χ1) is 12.5. The molecule has 1 aliphatic rings. The molecule has 0 spiro atoms. The second kappa shape index (κ2) is 9.79. The Morgan fingerprint density at radius 3 is 2.42 bits per heavy atom. The van der Waals surface area contributed by atoms with Gasteiger partial charge < -0.3 is 20.9 Å². The Balaban J connectivity index is 1.81. The van der Waals surface area contributed by atoms with Crippen molar-refractivity contribution in [3.8, 4) is 0 Å². The van der Waals surface area contributed by atoms with Crippen molar-refractivity contribution in [2.45, 2.75) is 26.7 Å². The molecule has 0 radical (unpaired) electrons.